The van der Waals surface area contributed by atoms with Crippen LogP contribution in [0.25, 0.3) is 0 Å². The summed E-state index contributed by atoms with van der Waals surface area (Å²) in [6.45, 7) is 0. The third kappa shape index (κ3) is 41.4. The molecule has 0 unspecified atom stereocenters. The van der Waals surface area contributed by atoms with Gasteiger partial charge in [-0.15, -0.1) is 0 Å². The van der Waals surface area contributed by atoms with E-state index in [1.165, 1.54) is 0 Å². The van der Waals surface area contributed by atoms with Crippen LogP contribution >= 0.6 is 0 Å². The van der Waals surface area contributed by atoms with Crippen LogP contribution in [0.15, 0.2) is 0 Å². The van der Waals surface area contributed by atoms with Gasteiger partial charge in [0.1, 0.15) is 0 Å². The van der Waals surface area contributed by atoms with E-state index >= 15 is 0 Å². The molecule has 50 valence electrons. The molecule has 0 spiro atoms. The maximum Gasteiger partial charge on any atom is 3.00 e. The van der Waals surface area contributed by atoms with Crippen LogP contribution < -0.4 is 102 Å². The first-order valence-corrected chi connectivity index (χ1v) is 0. The van der Waals surface area contributed by atoms with E-state index in [1.54, 1.807) is 0 Å². The largest absolute Gasteiger partial charge is 3.00 e. The third-order valence-electron chi connectivity index (χ3n) is 0. The summed E-state index contributed by atoms with van der Waals surface area (Å²) in [6, 6.07) is 0. The van der Waals surface area contributed by atoms with Gasteiger partial charge in [-0.1, -0.05) is 0 Å². The molecule has 0 nitrogen and oxygen atoms in total. The predicted molar refractivity (Wildman–Crippen MR) is 0 cm³/mol. The van der Waals surface area contributed by atoms with Crippen molar-refractivity contribution in [3.8, 4) is 0 Å². The first-order valence-electron chi connectivity index (χ1n) is 0. The Bertz CT molecular complexity index is 6.49. The summed E-state index contributed by atoms with van der Waals surface area (Å²) in [4.78, 5) is 0. The molecule has 0 atom stereocenters. The molecule has 0 saturated carbocycles. The minimum absolute atomic E-state index is 0. The van der Waals surface area contributed by atoms with Crippen LogP contribution in [0.4, 0.5) is 0 Å². The molecule has 0 N–H and O–H groups in total. The molecule has 0 aromatic carbocycles. The monoisotopic (exact) mass is 753 g/mol. The molecule has 0 amide bonds. The van der Waals surface area contributed by atoms with Crippen LogP contribution in [0.1, 0.15) is 0 Å². The fourth-order valence-electron chi connectivity index (χ4n) is 0. The van der Waals surface area contributed by atoms with Gasteiger partial charge in [-0.05, 0) is 0 Å². The summed E-state index contributed by atoms with van der Waals surface area (Å²) < 4.78 is 0. The maximum atomic E-state index is 0. The van der Waals surface area contributed by atoms with Gasteiger partial charge in [0.15, 0.2) is 0 Å². The molecular weight excluding hydrogens is 760 g/mol. The van der Waals surface area contributed by atoms with E-state index in [2.05, 4.69) is 0 Å². The van der Waals surface area contributed by atoms with Gasteiger partial charge in [-0.2, -0.15) is 0 Å². The molecule has 0 rings (SSSR count). The number of halogens is 6. The van der Waals surface area contributed by atoms with Crippen molar-refractivity contribution in [2.75, 3.05) is 0 Å². The van der Waals surface area contributed by atoms with E-state index in [4.69, 9.17) is 0 Å². The van der Waals surface area contributed by atoms with Gasteiger partial charge in [0.05, 0.1) is 0 Å². The number of rotatable bonds is 0. The van der Waals surface area contributed by atoms with E-state index < -0.39 is 0 Å². The summed E-state index contributed by atoms with van der Waals surface area (Å²) in [6.07, 6.45) is 0. The van der Waals surface area contributed by atoms with Crippen molar-refractivity contribution in [3.63, 3.8) is 0 Å². The van der Waals surface area contributed by atoms with Crippen molar-refractivity contribution in [2.24, 2.45) is 0 Å². The SMILES string of the molecule is [Br-].[Br-].[Br-].[Br-].[Br-].[Br-].[Ce+3].[Ce+3]. The first kappa shape index (κ1) is 68.6. The van der Waals surface area contributed by atoms with E-state index in [0.717, 1.165) is 0 Å². The average Bonchev–Trinajstić information content (AvgIpc) is 0. The van der Waals surface area contributed by atoms with Crippen LogP contribution in [0.5, 0.6) is 0 Å². The Morgan fingerprint density at radius 1 is 0.250 bits per heavy atom. The van der Waals surface area contributed by atoms with Gasteiger partial charge in [0.2, 0.25) is 0 Å². The van der Waals surface area contributed by atoms with Crippen molar-refractivity contribution in [2.45, 2.75) is 0 Å². The van der Waals surface area contributed by atoms with Crippen molar-refractivity contribution in [3.05, 3.63) is 0 Å². The Morgan fingerprint density at radius 2 is 0.250 bits per heavy atom. The normalized spacial score (nSPS) is 0. The third-order valence-corrected chi connectivity index (χ3v) is 0. The van der Waals surface area contributed by atoms with Gasteiger partial charge >= 0.3 is 83.5 Å². The van der Waals surface area contributed by atoms with Crippen LogP contribution in [0.3, 0.4) is 0 Å². The van der Waals surface area contributed by atoms with Crippen LogP contribution in [-0.4, -0.2) is 0 Å². The molecule has 2 radical (unpaired) electrons. The second-order valence-electron chi connectivity index (χ2n) is 0. The van der Waals surface area contributed by atoms with E-state index in [1.807, 2.05) is 0 Å². The zero-order valence-corrected chi connectivity index (χ0v) is 19.1. The van der Waals surface area contributed by atoms with Crippen molar-refractivity contribution < 1.29 is 185 Å². The van der Waals surface area contributed by atoms with Gasteiger partial charge in [-0.25, -0.2) is 0 Å². The van der Waals surface area contributed by atoms with Gasteiger partial charge in [0, 0.05) is 0 Å². The van der Waals surface area contributed by atoms with Gasteiger partial charge in [-0.3, -0.25) is 0 Å². The molecule has 0 aliphatic carbocycles. The van der Waals surface area contributed by atoms with Crippen molar-refractivity contribution in [1.29, 1.82) is 0 Å². The summed E-state index contributed by atoms with van der Waals surface area (Å²) in [5.74, 6) is 0. The molecule has 0 bridgehead atoms. The molecule has 0 aliphatic rings. The summed E-state index contributed by atoms with van der Waals surface area (Å²) in [7, 11) is 0. The fraction of sp³-hybridized carbons (Fsp3) is 0. The Morgan fingerprint density at radius 3 is 0.250 bits per heavy atom. The Hall–Kier alpha value is 5.63. The fourth-order valence-corrected chi connectivity index (χ4v) is 0. The van der Waals surface area contributed by atoms with Crippen molar-refractivity contribution >= 4 is 0 Å². The van der Waals surface area contributed by atoms with Gasteiger partial charge < -0.3 is 102 Å². The quantitative estimate of drug-likeness (QED) is 0.231. The Balaban J connectivity index is 0. The zero-order chi connectivity index (χ0) is 0. The standard InChI is InChI=1S/6BrH.2Ce/h6*1H;;/q;;;;;;2*+3/p-6. The zero-order valence-electron chi connectivity index (χ0n) is 3.27. The molecule has 0 heterocycles. The van der Waals surface area contributed by atoms with E-state index in [-0.39, 0.29) is 185 Å². The minimum atomic E-state index is 0. The Labute approximate surface area is 180 Å². The summed E-state index contributed by atoms with van der Waals surface area (Å²) >= 11 is 0. The summed E-state index contributed by atoms with van der Waals surface area (Å²) in [5, 5.41) is 0. The molecule has 0 fully saturated rings. The molecule has 8 heteroatoms. The smallest absolute Gasteiger partial charge is 1.00 e. The van der Waals surface area contributed by atoms with Crippen LogP contribution in [0.2, 0.25) is 0 Å². The van der Waals surface area contributed by atoms with Gasteiger partial charge in [0.25, 0.3) is 0 Å². The molecule has 0 aromatic rings. The average molecular weight is 760 g/mol. The number of hydrogen-bond acceptors (Lipinski definition) is 0. The van der Waals surface area contributed by atoms with Crippen LogP contribution in [-0.2, 0) is 0 Å². The molecule has 0 saturated heterocycles. The first-order chi connectivity index (χ1) is 0. The van der Waals surface area contributed by atoms with Crippen molar-refractivity contribution in [1.82, 2.24) is 0 Å². The van der Waals surface area contributed by atoms with E-state index in [0.29, 0.717) is 0 Å². The molecular formula is Br6Ce2. The predicted octanol–water partition coefficient (Wildman–Crippen LogP) is -18.0. The molecule has 8 heavy (non-hydrogen) atoms. The topological polar surface area (TPSA) is 0 Å². The Kier molecular flexibility index (Phi) is 462. The van der Waals surface area contributed by atoms with E-state index in [9.17, 15) is 0 Å². The second kappa shape index (κ2) is 53.9. The van der Waals surface area contributed by atoms with Crippen LogP contribution in [0, 0.1) is 83.5 Å². The summed E-state index contributed by atoms with van der Waals surface area (Å²) in [5.41, 5.74) is 0. The molecule has 0 aliphatic heterocycles. The molecule has 0 aromatic heterocycles. The number of hydrogen-bond donors (Lipinski definition) is 0. The maximum absolute atomic E-state index is 0. The minimum Gasteiger partial charge on any atom is -1.00 e. The second-order valence-corrected chi connectivity index (χ2v) is 0.